The van der Waals surface area contributed by atoms with Crippen LogP contribution in [0.4, 0.5) is 0 Å². The molecule has 0 saturated heterocycles. The van der Waals surface area contributed by atoms with Gasteiger partial charge < -0.3 is 7.59 Å². The monoisotopic (exact) mass is 662 g/mol. The molecule has 0 unspecified atom stereocenters. The first-order chi connectivity index (χ1) is 18.2. The Morgan fingerprint density at radius 2 is 0.553 bits per heavy atom. The number of unbranched alkanes of at least 4 members (excludes halogenated alkanes) is 26. The Morgan fingerprint density at radius 1 is 0.368 bits per heavy atom. The third-order valence-electron chi connectivity index (χ3n) is 7.70. The summed E-state index contributed by atoms with van der Waals surface area (Å²) in [5.74, 6) is -0.650. The summed E-state index contributed by atoms with van der Waals surface area (Å²) in [6, 6.07) is 0. The predicted octanol–water partition coefficient (Wildman–Crippen LogP) is 11.6. The zero-order valence-corrected chi connectivity index (χ0v) is 30.6. The van der Waals surface area contributed by atoms with Crippen LogP contribution in [0.5, 0.6) is 0 Å². The summed E-state index contributed by atoms with van der Waals surface area (Å²) in [5.41, 5.74) is 0. The van der Waals surface area contributed by atoms with Crippen molar-refractivity contribution in [2.75, 3.05) is 0 Å². The fourth-order valence-electron chi connectivity index (χ4n) is 5.16. The van der Waals surface area contributed by atoms with E-state index in [0.29, 0.717) is 12.8 Å². The molecule has 0 radical (unpaired) electrons. The number of hydrogen-bond acceptors (Lipinski definition) is 3. The summed E-state index contributed by atoms with van der Waals surface area (Å²) < 4.78 is 5.00. The van der Waals surface area contributed by atoms with Gasteiger partial charge in [0.2, 0.25) is 0 Å². The van der Waals surface area contributed by atoms with Crippen LogP contribution in [0.15, 0.2) is 0 Å². The van der Waals surface area contributed by atoms with Crippen LogP contribution in [0.3, 0.4) is 0 Å². The number of hydrogen-bond donors (Lipinski definition) is 0. The second-order valence-corrected chi connectivity index (χ2v) is 11.5. The molecule has 0 aliphatic heterocycles. The van der Waals surface area contributed by atoms with E-state index in [1.54, 1.807) is 0 Å². The first kappa shape index (κ1) is 40.8. The molecule has 0 atom stereocenters. The Kier molecular flexibility index (Phi) is 38.4. The van der Waals surface area contributed by atoms with Gasteiger partial charge in [0, 0.05) is 12.8 Å². The largest absolute Gasteiger partial charge is 2.00 e. The van der Waals surface area contributed by atoms with E-state index in [1.807, 2.05) is 0 Å². The maximum absolute atomic E-state index is 11.9. The first-order valence-electron chi connectivity index (χ1n) is 16.9. The third-order valence-corrected chi connectivity index (χ3v) is 7.70. The van der Waals surface area contributed by atoms with Gasteiger partial charge in [-0.15, -0.1) is 0 Å². The molecule has 0 bridgehead atoms. The van der Waals surface area contributed by atoms with E-state index in [2.05, 4.69) is 13.8 Å². The molecule has 0 heterocycles. The van der Waals surface area contributed by atoms with Crippen LogP contribution in [-0.2, 0) is 14.3 Å². The van der Waals surface area contributed by atoms with Crippen LogP contribution in [0.1, 0.15) is 209 Å². The summed E-state index contributed by atoms with van der Waals surface area (Å²) in [6.45, 7) is 4.55. The summed E-state index contributed by atoms with van der Waals surface area (Å²) >= 11 is 0. The zero-order chi connectivity index (χ0) is 27.1. The van der Waals surface area contributed by atoms with Crippen LogP contribution in [0, 0.1) is 0 Å². The fourth-order valence-corrected chi connectivity index (χ4v) is 5.16. The van der Waals surface area contributed by atoms with E-state index in [9.17, 15) is 9.59 Å². The fraction of sp³-hybridized carbons (Fsp3) is 0.941. The summed E-state index contributed by atoms with van der Waals surface area (Å²) in [4.78, 5) is 23.8. The van der Waals surface area contributed by atoms with E-state index in [4.69, 9.17) is 4.74 Å². The van der Waals surface area contributed by atoms with E-state index in [1.165, 1.54) is 154 Å². The molecule has 0 aromatic heterocycles. The molecule has 0 amide bonds. The second kappa shape index (κ2) is 35.7. The van der Waals surface area contributed by atoms with Crippen LogP contribution in [0.25, 0.3) is 0 Å². The molecule has 224 valence electrons. The molecular formula is C34H68BaO3. The van der Waals surface area contributed by atoms with E-state index >= 15 is 0 Å². The Morgan fingerprint density at radius 3 is 0.763 bits per heavy atom. The number of carbonyl (C=O) groups excluding carboxylic acids is 2. The molecule has 0 aliphatic rings. The van der Waals surface area contributed by atoms with Gasteiger partial charge in [-0.1, -0.05) is 181 Å². The van der Waals surface area contributed by atoms with Crippen molar-refractivity contribution in [1.82, 2.24) is 0 Å². The molecule has 3 nitrogen and oxygen atoms in total. The molecule has 38 heavy (non-hydrogen) atoms. The van der Waals surface area contributed by atoms with Crippen molar-refractivity contribution in [2.24, 2.45) is 0 Å². The predicted molar refractivity (Wildman–Crippen MR) is 169 cm³/mol. The number of ether oxygens (including phenoxy) is 1. The van der Waals surface area contributed by atoms with Gasteiger partial charge >= 0.3 is 60.8 Å². The Balaban J connectivity index is -0.00000216. The van der Waals surface area contributed by atoms with Crippen molar-refractivity contribution in [1.29, 1.82) is 0 Å². The number of carbonyl (C=O) groups is 2. The van der Waals surface area contributed by atoms with Gasteiger partial charge in [0.05, 0.1) is 0 Å². The Labute approximate surface area is 282 Å². The van der Waals surface area contributed by atoms with Gasteiger partial charge in [-0.05, 0) is 12.8 Å². The van der Waals surface area contributed by atoms with Crippen LogP contribution in [0.2, 0.25) is 0 Å². The van der Waals surface area contributed by atoms with Gasteiger partial charge in [0.25, 0.3) is 0 Å². The molecule has 0 N–H and O–H groups in total. The maximum Gasteiger partial charge on any atom is 2.00 e. The quantitative estimate of drug-likeness (QED) is 0.0333. The van der Waals surface area contributed by atoms with Gasteiger partial charge in [-0.25, -0.2) is 0 Å². The summed E-state index contributed by atoms with van der Waals surface area (Å²) in [7, 11) is 0. The maximum atomic E-state index is 11.9. The van der Waals surface area contributed by atoms with Crippen LogP contribution < -0.4 is 0 Å². The Hall–Kier alpha value is 0.711. The smallest absolute Gasteiger partial charge is 1.00 e. The summed E-state index contributed by atoms with van der Waals surface area (Å²) in [6.07, 6.45) is 37.2. The minimum absolute atomic E-state index is 0. The molecule has 0 fully saturated rings. The molecule has 0 saturated carbocycles. The molecular weight excluding hydrogens is 594 g/mol. The van der Waals surface area contributed by atoms with E-state index in [-0.39, 0.29) is 63.7 Å². The van der Waals surface area contributed by atoms with Crippen molar-refractivity contribution >= 4 is 60.8 Å². The minimum Gasteiger partial charge on any atom is -1.00 e. The second-order valence-electron chi connectivity index (χ2n) is 11.5. The standard InChI is InChI=1S/C34H66O3.Ba.2H/c1-3-5-7-9-11-13-15-17-18-20-22-24-26-28-30-32-34(36)37-33(35)31-29-27-25-23-21-19-16-14-12-10-8-6-4-2;;;/h3-32H2,1-2H3;;;/q;+2;2*-1. The van der Waals surface area contributed by atoms with Crippen LogP contribution in [-0.4, -0.2) is 60.8 Å². The first-order valence-corrected chi connectivity index (χ1v) is 16.9. The van der Waals surface area contributed by atoms with Crippen molar-refractivity contribution in [3.63, 3.8) is 0 Å². The topological polar surface area (TPSA) is 43.4 Å². The van der Waals surface area contributed by atoms with E-state index in [0.717, 1.165) is 25.7 Å². The van der Waals surface area contributed by atoms with Crippen molar-refractivity contribution in [3.05, 3.63) is 0 Å². The van der Waals surface area contributed by atoms with E-state index < -0.39 is 0 Å². The molecule has 0 spiro atoms. The average molecular weight is 662 g/mol. The summed E-state index contributed by atoms with van der Waals surface area (Å²) in [5, 5.41) is 0. The number of rotatable bonds is 30. The average Bonchev–Trinajstić information content (AvgIpc) is 2.89. The van der Waals surface area contributed by atoms with Crippen molar-refractivity contribution in [2.45, 2.75) is 206 Å². The third kappa shape index (κ3) is 34.7. The number of esters is 2. The normalized spacial score (nSPS) is 10.9. The van der Waals surface area contributed by atoms with Gasteiger partial charge in [0.15, 0.2) is 0 Å². The zero-order valence-electron chi connectivity index (χ0n) is 28.1. The molecule has 4 heteroatoms. The SMILES string of the molecule is CCCCCCCCCCCCCCCCCC(=O)OC(=O)CCCCCCCCCCCCCCC.[Ba+2].[H-].[H-]. The molecule has 0 aromatic carbocycles. The van der Waals surface area contributed by atoms with Gasteiger partial charge in [-0.2, -0.15) is 0 Å². The van der Waals surface area contributed by atoms with Gasteiger partial charge in [-0.3, -0.25) is 9.59 Å². The van der Waals surface area contributed by atoms with Crippen molar-refractivity contribution < 1.29 is 17.2 Å². The molecule has 0 aromatic rings. The minimum atomic E-state index is -0.325. The van der Waals surface area contributed by atoms with Crippen molar-refractivity contribution in [3.8, 4) is 0 Å². The Bertz CT molecular complexity index is 492. The van der Waals surface area contributed by atoms with Crippen LogP contribution >= 0.6 is 0 Å². The molecule has 0 rings (SSSR count). The molecule has 0 aliphatic carbocycles. The van der Waals surface area contributed by atoms with Gasteiger partial charge in [0.1, 0.15) is 0 Å².